The molecule has 6 heteroatoms. The number of halogens is 2. The third-order valence-corrected chi connectivity index (χ3v) is 3.87. The number of nitriles is 1. The van der Waals surface area contributed by atoms with Crippen LogP contribution in [0.2, 0.25) is 10.0 Å². The van der Waals surface area contributed by atoms with Crippen LogP contribution in [0.15, 0.2) is 54.2 Å². The van der Waals surface area contributed by atoms with Crippen LogP contribution in [-0.4, -0.2) is 5.91 Å². The first-order chi connectivity index (χ1) is 11.0. The van der Waals surface area contributed by atoms with Gasteiger partial charge in [0.1, 0.15) is 11.6 Å². The van der Waals surface area contributed by atoms with E-state index < -0.39 is 5.91 Å². The van der Waals surface area contributed by atoms with Crippen LogP contribution < -0.4 is 10.6 Å². The summed E-state index contributed by atoms with van der Waals surface area (Å²) >= 11 is 12.0. The fourth-order valence-corrected chi connectivity index (χ4v) is 2.17. The molecule has 0 heterocycles. The topological polar surface area (TPSA) is 64.9 Å². The third-order valence-electron chi connectivity index (χ3n) is 3.13. The van der Waals surface area contributed by atoms with E-state index in [0.717, 1.165) is 5.56 Å². The summed E-state index contributed by atoms with van der Waals surface area (Å²) in [5.74, 6) is -0.530. The van der Waals surface area contributed by atoms with Gasteiger partial charge in [0.15, 0.2) is 0 Å². The van der Waals surface area contributed by atoms with Crippen molar-refractivity contribution in [3.05, 3.63) is 69.8 Å². The van der Waals surface area contributed by atoms with E-state index in [9.17, 15) is 4.79 Å². The molecule has 0 aliphatic carbocycles. The molecule has 0 aromatic heterocycles. The molecule has 0 aliphatic heterocycles. The Morgan fingerprint density at radius 2 is 1.74 bits per heavy atom. The van der Waals surface area contributed by atoms with Gasteiger partial charge in [-0.15, -0.1) is 0 Å². The molecule has 1 amide bonds. The third kappa shape index (κ3) is 4.26. The number of carbonyl (C=O) groups excluding carboxylic acids is 1. The van der Waals surface area contributed by atoms with Crippen molar-refractivity contribution in [3.8, 4) is 6.07 Å². The number of benzene rings is 2. The van der Waals surface area contributed by atoms with Gasteiger partial charge in [-0.3, -0.25) is 4.79 Å². The van der Waals surface area contributed by atoms with Crippen molar-refractivity contribution in [2.45, 2.75) is 6.92 Å². The molecule has 23 heavy (non-hydrogen) atoms. The summed E-state index contributed by atoms with van der Waals surface area (Å²) in [6, 6.07) is 14.1. The molecule has 0 fully saturated rings. The molecule has 0 radical (unpaired) electrons. The average molecular weight is 346 g/mol. The van der Waals surface area contributed by atoms with Crippen LogP contribution in [0.1, 0.15) is 5.56 Å². The molecule has 0 saturated carbocycles. The maximum atomic E-state index is 12.2. The summed E-state index contributed by atoms with van der Waals surface area (Å²) in [4.78, 5) is 12.2. The van der Waals surface area contributed by atoms with E-state index in [4.69, 9.17) is 28.5 Å². The Morgan fingerprint density at radius 1 is 1.09 bits per heavy atom. The fourth-order valence-electron chi connectivity index (χ4n) is 1.81. The Bertz CT molecular complexity index is 810. The highest BCUT2D eigenvalue weighted by Crippen LogP contribution is 2.24. The van der Waals surface area contributed by atoms with Gasteiger partial charge in [-0.25, -0.2) is 0 Å². The summed E-state index contributed by atoms with van der Waals surface area (Å²) in [5, 5.41) is 15.7. The molecule has 2 aromatic carbocycles. The molecule has 0 saturated heterocycles. The second-order valence-electron chi connectivity index (χ2n) is 4.66. The first kappa shape index (κ1) is 16.9. The van der Waals surface area contributed by atoms with Gasteiger partial charge in [0.05, 0.1) is 10.7 Å². The lowest BCUT2D eigenvalue weighted by molar-refractivity contribution is -0.112. The van der Waals surface area contributed by atoms with Crippen molar-refractivity contribution in [1.29, 1.82) is 5.26 Å². The van der Waals surface area contributed by atoms with Gasteiger partial charge in [0.25, 0.3) is 5.91 Å². The lowest BCUT2D eigenvalue weighted by Gasteiger charge is -2.09. The van der Waals surface area contributed by atoms with Crippen molar-refractivity contribution >= 4 is 40.5 Å². The van der Waals surface area contributed by atoms with Crippen LogP contribution in [0.25, 0.3) is 0 Å². The lowest BCUT2D eigenvalue weighted by atomic mass is 10.2. The monoisotopic (exact) mass is 345 g/mol. The van der Waals surface area contributed by atoms with Gasteiger partial charge in [0.2, 0.25) is 0 Å². The number of hydrogen-bond donors (Lipinski definition) is 2. The molecule has 2 aromatic rings. The van der Waals surface area contributed by atoms with Gasteiger partial charge >= 0.3 is 0 Å². The smallest absolute Gasteiger partial charge is 0.267 e. The maximum Gasteiger partial charge on any atom is 0.267 e. The highest BCUT2D eigenvalue weighted by Gasteiger charge is 2.11. The maximum absolute atomic E-state index is 12.2. The number of para-hydroxylation sites is 1. The highest BCUT2D eigenvalue weighted by molar-refractivity contribution is 6.33. The Labute approximate surface area is 144 Å². The Hall–Kier alpha value is -2.48. The predicted octanol–water partition coefficient (Wildman–Crippen LogP) is 4.76. The summed E-state index contributed by atoms with van der Waals surface area (Å²) in [6.45, 7) is 1.79. The van der Waals surface area contributed by atoms with Crippen LogP contribution in [0.3, 0.4) is 0 Å². The molecule has 4 nitrogen and oxygen atoms in total. The quantitative estimate of drug-likeness (QED) is 0.620. The van der Waals surface area contributed by atoms with Crippen LogP contribution >= 0.6 is 23.2 Å². The van der Waals surface area contributed by atoms with Gasteiger partial charge in [-0.05, 0) is 36.8 Å². The van der Waals surface area contributed by atoms with Crippen molar-refractivity contribution in [2.75, 3.05) is 10.6 Å². The van der Waals surface area contributed by atoms with Crippen molar-refractivity contribution in [1.82, 2.24) is 0 Å². The molecule has 2 rings (SSSR count). The van der Waals surface area contributed by atoms with Crippen LogP contribution in [0, 0.1) is 18.3 Å². The van der Waals surface area contributed by atoms with E-state index in [2.05, 4.69) is 10.6 Å². The Balaban J connectivity index is 2.16. The number of nitrogens with one attached hydrogen (secondary N) is 2. The average Bonchev–Trinajstić information content (AvgIpc) is 2.54. The summed E-state index contributed by atoms with van der Waals surface area (Å²) in [6.07, 6.45) is 1.32. The van der Waals surface area contributed by atoms with E-state index in [1.54, 1.807) is 49.4 Å². The minimum atomic E-state index is -0.530. The van der Waals surface area contributed by atoms with Crippen molar-refractivity contribution in [2.24, 2.45) is 0 Å². The number of amides is 1. The molecule has 0 bridgehead atoms. The molecular weight excluding hydrogens is 333 g/mol. The van der Waals surface area contributed by atoms with E-state index >= 15 is 0 Å². The zero-order valence-electron chi connectivity index (χ0n) is 12.2. The Kier molecular flexibility index (Phi) is 5.64. The van der Waals surface area contributed by atoms with Crippen LogP contribution in [0.5, 0.6) is 0 Å². The predicted molar refractivity (Wildman–Crippen MR) is 93.6 cm³/mol. The zero-order chi connectivity index (χ0) is 16.8. The van der Waals surface area contributed by atoms with Crippen molar-refractivity contribution < 1.29 is 4.79 Å². The standard InChI is InChI=1S/C17H13Cl2N3O/c1-11-13(18)6-4-8-15(11)22-17(23)12(9-20)10-21-16-7-3-2-5-14(16)19/h2-8,10,21H,1H3,(H,22,23)/b12-10-. The van der Waals surface area contributed by atoms with Gasteiger partial charge in [0, 0.05) is 16.9 Å². The van der Waals surface area contributed by atoms with E-state index in [0.29, 0.717) is 21.4 Å². The molecule has 0 atom stereocenters. The summed E-state index contributed by atoms with van der Waals surface area (Å²) in [5.41, 5.74) is 1.82. The SMILES string of the molecule is Cc1c(Cl)cccc1NC(=O)/C(C#N)=C\Nc1ccccc1Cl. The number of rotatable bonds is 4. The molecule has 0 spiro atoms. The first-order valence-corrected chi connectivity index (χ1v) is 7.46. The molecule has 116 valence electrons. The minimum absolute atomic E-state index is 0.0794. The van der Waals surface area contributed by atoms with Crippen LogP contribution in [-0.2, 0) is 4.79 Å². The van der Waals surface area contributed by atoms with E-state index in [1.165, 1.54) is 6.20 Å². The second-order valence-corrected chi connectivity index (χ2v) is 5.47. The zero-order valence-corrected chi connectivity index (χ0v) is 13.7. The molecule has 0 unspecified atom stereocenters. The summed E-state index contributed by atoms with van der Waals surface area (Å²) < 4.78 is 0. The number of nitrogens with zero attached hydrogens (tertiary/aromatic N) is 1. The number of anilines is 2. The first-order valence-electron chi connectivity index (χ1n) is 6.70. The largest absolute Gasteiger partial charge is 0.359 e. The second kappa shape index (κ2) is 7.68. The molecular formula is C17H13Cl2N3O. The lowest BCUT2D eigenvalue weighted by Crippen LogP contribution is -2.15. The normalized spacial score (nSPS) is 10.8. The minimum Gasteiger partial charge on any atom is -0.359 e. The van der Waals surface area contributed by atoms with Gasteiger partial charge in [-0.2, -0.15) is 5.26 Å². The van der Waals surface area contributed by atoms with Crippen LogP contribution in [0.4, 0.5) is 11.4 Å². The number of hydrogen-bond acceptors (Lipinski definition) is 3. The molecule has 0 aliphatic rings. The van der Waals surface area contributed by atoms with Crippen molar-refractivity contribution in [3.63, 3.8) is 0 Å². The van der Waals surface area contributed by atoms with Gasteiger partial charge < -0.3 is 10.6 Å². The van der Waals surface area contributed by atoms with Gasteiger partial charge in [-0.1, -0.05) is 41.4 Å². The highest BCUT2D eigenvalue weighted by atomic mass is 35.5. The summed E-state index contributed by atoms with van der Waals surface area (Å²) in [7, 11) is 0. The van der Waals surface area contributed by atoms with E-state index in [1.807, 2.05) is 6.07 Å². The van der Waals surface area contributed by atoms with E-state index in [-0.39, 0.29) is 5.57 Å². The fraction of sp³-hybridized carbons (Fsp3) is 0.0588. The Morgan fingerprint density at radius 3 is 2.43 bits per heavy atom. The number of carbonyl (C=O) groups is 1. The molecule has 2 N–H and O–H groups in total.